The molecule has 6 rings (SSSR count). The molecule has 6 fully saturated rings. The second-order valence-corrected chi connectivity index (χ2v) is 30.8. The van der Waals surface area contributed by atoms with Gasteiger partial charge in [0.1, 0.15) is 26.2 Å². The monoisotopic (exact) mass is 1990 g/mol. The van der Waals surface area contributed by atoms with Crippen LogP contribution in [0.2, 0.25) is 0 Å². The van der Waals surface area contributed by atoms with E-state index in [4.69, 9.17) is 59.1 Å². The molecule has 0 spiro atoms. The van der Waals surface area contributed by atoms with Crippen LogP contribution in [0.4, 0.5) is 0 Å². The van der Waals surface area contributed by atoms with Crippen LogP contribution >= 0.6 is 0 Å². The smallest absolute Gasteiger partial charge is 0.352 e. The highest BCUT2D eigenvalue weighted by atomic mass is 16.8. The number of amides is 19. The number of aliphatic hydroxyl groups is 3. The van der Waals surface area contributed by atoms with Gasteiger partial charge in [-0.05, 0) is 0 Å². The number of nitrogens with two attached hydrogens (primary N) is 1. The highest BCUT2D eigenvalue weighted by molar-refractivity contribution is 6.06. The Morgan fingerprint density at radius 3 is 0.590 bits per heavy atom. The second-order valence-electron chi connectivity index (χ2n) is 30.8. The molecule has 0 unspecified atom stereocenters. The maximum absolute atomic E-state index is 12.4. The van der Waals surface area contributed by atoms with Crippen molar-refractivity contribution < 1.29 is 202 Å². The molecule has 784 valence electrons. The second kappa shape index (κ2) is 68.0. The molecule has 0 atom stereocenters. The van der Waals surface area contributed by atoms with Gasteiger partial charge in [0.2, 0.25) is 41.4 Å². The maximum Gasteiger partial charge on any atom is 0.352 e. The minimum atomic E-state index is -1.21. The number of carbonyl (C=O) groups is 27. The van der Waals surface area contributed by atoms with Crippen LogP contribution in [0.25, 0.3) is 0 Å². The zero-order valence-corrected chi connectivity index (χ0v) is 74.8. The van der Waals surface area contributed by atoms with Gasteiger partial charge >= 0.3 is 35.8 Å². The molecule has 56 nitrogen and oxygen atoms in total. The number of ether oxygens (including phenoxy) is 6. The molecule has 6 aliphatic heterocycles. The summed E-state index contributed by atoms with van der Waals surface area (Å²) < 4.78 is 34.0. The van der Waals surface area contributed by atoms with Crippen molar-refractivity contribution in [2.24, 2.45) is 16.6 Å². The number of hydrogen-bond acceptors (Lipinski definition) is 43. The van der Waals surface area contributed by atoms with Crippen molar-refractivity contribution >= 4 is 160 Å². The molecule has 56 heteroatoms. The number of hydrogen-bond donors (Lipinski definition) is 11. The molecule has 6 aliphatic rings. The van der Waals surface area contributed by atoms with E-state index >= 15 is 0 Å². The normalized spacial score (nSPS) is 14.4. The number of rotatable bonds is 59. The number of carbonyl (C=O) groups excluding carboxylic acids is 27. The van der Waals surface area contributed by atoms with Crippen molar-refractivity contribution in [2.75, 3.05) is 145 Å². The molecule has 0 radical (unpaired) electrons. The molecule has 19 amide bonds. The number of ketones is 2. The summed E-state index contributed by atoms with van der Waals surface area (Å²) in [6.07, 6.45) is -2.64. The molecule has 0 aromatic rings. The number of nitrogens with zero attached hydrogens (tertiary/aromatic N) is 6. The van der Waals surface area contributed by atoms with Crippen LogP contribution in [0.5, 0.6) is 0 Å². The van der Waals surface area contributed by atoms with Gasteiger partial charge in [-0.15, -0.1) is 30.4 Å². The predicted molar refractivity (Wildman–Crippen MR) is 463 cm³/mol. The quantitative estimate of drug-likeness (QED) is 0.0200. The van der Waals surface area contributed by atoms with E-state index in [1.165, 1.54) is 6.42 Å². The molecular formula is C83H130N14O42. The summed E-state index contributed by atoms with van der Waals surface area (Å²) in [4.78, 5) is 349. The third-order valence-electron chi connectivity index (χ3n) is 18.0. The van der Waals surface area contributed by atoms with Crippen LogP contribution in [-0.4, -0.2) is 356 Å². The highest BCUT2D eigenvalue weighted by Gasteiger charge is 2.40. The van der Waals surface area contributed by atoms with Crippen LogP contribution in [0.3, 0.4) is 0 Å². The zero-order valence-electron chi connectivity index (χ0n) is 74.8. The van der Waals surface area contributed by atoms with Gasteiger partial charge in [-0.3, -0.25) is 101 Å². The van der Waals surface area contributed by atoms with Crippen LogP contribution < -0.4 is 43.0 Å². The van der Waals surface area contributed by atoms with Crippen LogP contribution in [0.15, 0.2) is 0 Å². The lowest BCUT2D eigenvalue weighted by Gasteiger charge is -2.29. The third-order valence-corrected chi connectivity index (χ3v) is 18.0. The number of nitrogens with one attached hydrogen (secondary N) is 7. The molecule has 139 heavy (non-hydrogen) atoms. The third kappa shape index (κ3) is 51.8. The fourth-order valence-electron chi connectivity index (χ4n) is 10.6. The highest BCUT2D eigenvalue weighted by Crippen LogP contribution is 2.23. The summed E-state index contributed by atoms with van der Waals surface area (Å²) in [5.41, 5.74) is 2.05. The van der Waals surface area contributed by atoms with Crippen molar-refractivity contribution in [1.82, 2.24) is 67.6 Å². The van der Waals surface area contributed by atoms with E-state index in [-0.39, 0.29) is 237 Å². The lowest BCUT2D eigenvalue weighted by Crippen LogP contribution is -2.50. The Morgan fingerprint density at radius 2 is 0.417 bits per heavy atom. The molecule has 0 bridgehead atoms. The fraction of sp³-hybridized carbons (Fsp3) is 0.675. The SMILES string of the molecule is C.C.C.C.CC(COCCC(=O)NCC(=O)CCC(=O)ON1C(=O)CCC1=O)(COCCC(=O)NCC(=O)CCC(=O)ON1C(=O)CCC1=O)COCCC(=O)NCC(=O)NCC(=O)ON1C(=O)CCC1=O.CC(COCCC(=O)NCC(=O)ON1C(=O)CCC1=O)(COCCC(=O)NCC(=O)ON1C(=O)CCC1=O)COCCC(=O)NCC(=O)ON1C(=O)CCC1=O.CCC.NC(CO)(CO)CO. The van der Waals surface area contributed by atoms with Crippen molar-refractivity contribution in [3.05, 3.63) is 0 Å². The summed E-state index contributed by atoms with van der Waals surface area (Å²) in [5.74, 6) is -19.6. The van der Waals surface area contributed by atoms with Crippen LogP contribution in [0.1, 0.15) is 205 Å². The summed E-state index contributed by atoms with van der Waals surface area (Å²) >= 11 is 0. The first kappa shape index (κ1) is 128. The maximum atomic E-state index is 12.4. The standard InChI is InChI=1S/C40H53N7O21.C32H42N6O18.C4H11NO3.C3H8.4CH4/c1-40(22-63-15-12-27(50)41-18-25(48)2-10-37(60)66-45-31(54)4-5-32(45)55,23-64-16-13-28(51)42-19-26(49)3-11-38(61)67-46-33(56)6-7-34(46)57)24-65-17-14-29(52)43-20-30(53)44-21-39(62)68-47-35(58)8-9-36(47)59;1-32(17-51-11-8-20(39)33-14-29(48)54-36-23(42)2-3-24(36)43,18-52-12-9-21(40)34-15-30(49)55-37-25(44)4-5-26(37)45)19-53-13-10-22(41)35-16-31(50)56-38-27(46)6-7-28(38)47;5-4(1-6,2-7)3-8;1-3-2;;;;/h2-24H2,1H3,(H,41,50)(H,42,51)(H,43,52)(H,44,53);2-19H2,1H3,(H,33,39)(H,34,40)(H,35,41);6-8H,1-3,5H2;3H2,1-2H3;4*1H4. The van der Waals surface area contributed by atoms with Crippen molar-refractivity contribution in [2.45, 2.75) is 211 Å². The fourth-order valence-corrected chi connectivity index (χ4v) is 10.6. The Bertz CT molecular complexity index is 3770. The van der Waals surface area contributed by atoms with Gasteiger partial charge in [0.25, 0.3) is 70.9 Å². The summed E-state index contributed by atoms with van der Waals surface area (Å²) in [6.45, 7) is 1.17. The predicted octanol–water partition coefficient (Wildman–Crippen LogP) is -5.80. The first-order valence-corrected chi connectivity index (χ1v) is 42.3. The van der Waals surface area contributed by atoms with E-state index in [0.29, 0.717) is 30.4 Å². The van der Waals surface area contributed by atoms with E-state index < -0.39 is 254 Å². The first-order valence-electron chi connectivity index (χ1n) is 42.3. The van der Waals surface area contributed by atoms with Gasteiger partial charge in [-0.1, -0.05) is 63.8 Å². The average molecular weight is 2000 g/mol. The van der Waals surface area contributed by atoms with Crippen molar-refractivity contribution in [1.29, 1.82) is 0 Å². The Labute approximate surface area is 798 Å². The Hall–Kier alpha value is -13.1. The molecule has 0 aromatic heterocycles. The molecule has 12 N–H and O–H groups in total. The minimum absolute atomic E-state index is 0. The molecular weight excluding hydrogens is 1860 g/mol. The zero-order chi connectivity index (χ0) is 101. The van der Waals surface area contributed by atoms with Crippen LogP contribution in [0, 0.1) is 10.8 Å². The van der Waals surface area contributed by atoms with Gasteiger partial charge in [0, 0.05) is 139 Å². The lowest BCUT2D eigenvalue weighted by atomic mass is 9.94. The number of aliphatic hydroxyl groups excluding tert-OH is 3. The van der Waals surface area contributed by atoms with Gasteiger partial charge < -0.3 is 116 Å². The Balaban J connectivity index is 0. The largest absolute Gasteiger partial charge is 0.394 e. The minimum Gasteiger partial charge on any atom is -0.394 e. The Morgan fingerprint density at radius 1 is 0.259 bits per heavy atom. The lowest BCUT2D eigenvalue weighted by molar-refractivity contribution is -0.197. The summed E-state index contributed by atoms with van der Waals surface area (Å²) in [6, 6.07) is 0. The number of imide groups is 6. The van der Waals surface area contributed by atoms with E-state index in [1.54, 1.807) is 13.8 Å². The van der Waals surface area contributed by atoms with E-state index in [0.717, 1.165) is 0 Å². The van der Waals surface area contributed by atoms with Gasteiger partial charge in [0.05, 0.1) is 137 Å². The summed E-state index contributed by atoms with van der Waals surface area (Å²) in [7, 11) is 0. The van der Waals surface area contributed by atoms with E-state index in [2.05, 4.69) is 70.4 Å². The van der Waals surface area contributed by atoms with Gasteiger partial charge in [-0.25, -0.2) is 28.8 Å². The molecule has 0 aliphatic carbocycles. The summed E-state index contributed by atoms with van der Waals surface area (Å²) in [5, 5.41) is 43.2. The van der Waals surface area contributed by atoms with Crippen molar-refractivity contribution in [3.8, 4) is 0 Å². The molecule has 0 saturated carbocycles. The number of Topliss-reactive ketones (excluding diaryl/α,β-unsaturated/α-hetero) is 2. The Kier molecular flexibility index (Phi) is 62.6. The van der Waals surface area contributed by atoms with Gasteiger partial charge in [-0.2, -0.15) is 0 Å². The molecule has 6 saturated heterocycles. The van der Waals surface area contributed by atoms with Crippen LogP contribution in [-0.2, 0) is 187 Å². The molecule has 0 aromatic carbocycles. The van der Waals surface area contributed by atoms with Crippen molar-refractivity contribution in [3.63, 3.8) is 0 Å². The van der Waals surface area contributed by atoms with Gasteiger partial charge in [0.15, 0.2) is 11.6 Å². The topological polar surface area (TPSA) is 762 Å². The average Bonchev–Trinajstić information content (AvgIpc) is 1.78. The van der Waals surface area contributed by atoms with E-state index in [1.807, 2.05) is 0 Å². The number of hydroxylamine groups is 12. The molecule has 6 heterocycles. The van der Waals surface area contributed by atoms with E-state index in [9.17, 15) is 129 Å². The first-order chi connectivity index (χ1) is 63.9.